The van der Waals surface area contributed by atoms with Crippen LogP contribution in [0, 0.1) is 27.7 Å². The molecule has 0 spiro atoms. The molecular weight excluding hydrogens is 384 g/mol. The Labute approximate surface area is 175 Å². The van der Waals surface area contributed by atoms with Crippen LogP contribution >= 0.6 is 11.8 Å². The van der Waals surface area contributed by atoms with Crippen LogP contribution in [0.15, 0.2) is 41.6 Å². The number of nitrogens with one attached hydrogen (secondary N) is 1. The van der Waals surface area contributed by atoms with E-state index < -0.39 is 0 Å². The molecular formula is C22H26N4O2S. The average molecular weight is 411 g/mol. The summed E-state index contributed by atoms with van der Waals surface area (Å²) in [6.45, 7) is 8.43. The van der Waals surface area contributed by atoms with Crippen LogP contribution in [0.1, 0.15) is 28.1 Å². The smallest absolute Gasteiger partial charge is 0.234 e. The van der Waals surface area contributed by atoms with Crippen molar-refractivity contribution in [3.8, 4) is 5.75 Å². The first-order chi connectivity index (χ1) is 13.8. The fourth-order valence-electron chi connectivity index (χ4n) is 3.13. The highest BCUT2D eigenvalue weighted by molar-refractivity contribution is 7.99. The van der Waals surface area contributed by atoms with Crippen LogP contribution in [0.4, 0.5) is 5.69 Å². The van der Waals surface area contributed by atoms with Gasteiger partial charge in [0, 0.05) is 12.7 Å². The Kier molecular flexibility index (Phi) is 6.59. The third kappa shape index (κ3) is 5.84. The molecule has 0 atom stereocenters. The number of carbonyl (C=O) groups excluding carboxylic acids is 1. The molecule has 1 N–H and O–H groups in total. The van der Waals surface area contributed by atoms with Crippen LogP contribution in [-0.4, -0.2) is 26.4 Å². The second kappa shape index (κ2) is 9.13. The van der Waals surface area contributed by atoms with Gasteiger partial charge in [0.15, 0.2) is 11.0 Å². The van der Waals surface area contributed by atoms with Crippen molar-refractivity contribution in [3.63, 3.8) is 0 Å². The maximum atomic E-state index is 12.3. The van der Waals surface area contributed by atoms with Gasteiger partial charge in [-0.25, -0.2) is 0 Å². The fourth-order valence-corrected chi connectivity index (χ4v) is 3.86. The molecule has 0 unspecified atom stereocenters. The molecule has 1 aromatic heterocycles. The quantitative estimate of drug-likeness (QED) is 0.586. The van der Waals surface area contributed by atoms with Crippen LogP contribution in [0.5, 0.6) is 5.75 Å². The Balaban J connectivity index is 1.55. The molecule has 0 aliphatic heterocycles. The van der Waals surface area contributed by atoms with Gasteiger partial charge in [0.1, 0.15) is 12.4 Å². The van der Waals surface area contributed by atoms with Gasteiger partial charge in [0.25, 0.3) is 0 Å². The van der Waals surface area contributed by atoms with E-state index >= 15 is 0 Å². The zero-order valence-electron chi connectivity index (χ0n) is 17.4. The highest BCUT2D eigenvalue weighted by Crippen LogP contribution is 2.20. The van der Waals surface area contributed by atoms with Crippen molar-refractivity contribution in [2.45, 2.75) is 39.5 Å². The molecule has 7 heteroatoms. The minimum atomic E-state index is -0.0731. The summed E-state index contributed by atoms with van der Waals surface area (Å²) in [5, 5.41) is 12.0. The molecule has 1 heterocycles. The first-order valence-electron chi connectivity index (χ1n) is 9.40. The molecule has 0 fully saturated rings. The summed E-state index contributed by atoms with van der Waals surface area (Å²) in [4.78, 5) is 12.3. The second-order valence-corrected chi connectivity index (χ2v) is 8.23. The average Bonchev–Trinajstić information content (AvgIpc) is 2.96. The lowest BCUT2D eigenvalue weighted by Gasteiger charge is -2.09. The lowest BCUT2D eigenvalue weighted by atomic mass is 10.1. The van der Waals surface area contributed by atoms with E-state index in [-0.39, 0.29) is 11.7 Å². The lowest BCUT2D eigenvalue weighted by molar-refractivity contribution is -0.113. The van der Waals surface area contributed by atoms with E-state index in [1.807, 2.05) is 63.6 Å². The Morgan fingerprint density at radius 3 is 2.17 bits per heavy atom. The van der Waals surface area contributed by atoms with E-state index in [0.29, 0.717) is 17.6 Å². The van der Waals surface area contributed by atoms with E-state index in [4.69, 9.17) is 4.74 Å². The zero-order valence-corrected chi connectivity index (χ0v) is 18.3. The molecule has 0 radical (unpaired) electrons. The number of anilines is 1. The molecule has 29 heavy (non-hydrogen) atoms. The minimum Gasteiger partial charge on any atom is -0.486 e. The Morgan fingerprint density at radius 2 is 1.55 bits per heavy atom. The van der Waals surface area contributed by atoms with E-state index in [2.05, 4.69) is 27.6 Å². The van der Waals surface area contributed by atoms with E-state index in [1.54, 1.807) is 0 Å². The van der Waals surface area contributed by atoms with Crippen molar-refractivity contribution in [2.24, 2.45) is 7.05 Å². The number of hydrogen-bond acceptors (Lipinski definition) is 5. The summed E-state index contributed by atoms with van der Waals surface area (Å²) in [5.74, 6) is 1.71. The van der Waals surface area contributed by atoms with Crippen LogP contribution < -0.4 is 10.1 Å². The van der Waals surface area contributed by atoms with Gasteiger partial charge in [-0.05, 0) is 74.2 Å². The number of amides is 1. The Morgan fingerprint density at radius 1 is 0.966 bits per heavy atom. The van der Waals surface area contributed by atoms with Gasteiger partial charge in [-0.15, -0.1) is 10.2 Å². The Hall–Kier alpha value is -2.80. The standard InChI is InChI=1S/C22H26N4O2S/c1-14-6-15(2)9-18(8-14)23-21(27)13-29-22-25-24-20(26(22)5)12-28-19-10-16(3)7-17(4)11-19/h6-11H,12-13H2,1-5H3,(H,23,27). The van der Waals surface area contributed by atoms with Crippen molar-refractivity contribution < 1.29 is 9.53 Å². The van der Waals surface area contributed by atoms with E-state index in [0.717, 1.165) is 33.7 Å². The summed E-state index contributed by atoms with van der Waals surface area (Å²) < 4.78 is 7.72. The van der Waals surface area contributed by atoms with Gasteiger partial charge >= 0.3 is 0 Å². The largest absolute Gasteiger partial charge is 0.486 e. The topological polar surface area (TPSA) is 69.0 Å². The number of nitrogens with zero attached hydrogens (tertiary/aromatic N) is 3. The van der Waals surface area contributed by atoms with Crippen molar-refractivity contribution in [2.75, 3.05) is 11.1 Å². The van der Waals surface area contributed by atoms with E-state index in [1.165, 1.54) is 11.8 Å². The third-order valence-electron chi connectivity index (χ3n) is 4.33. The minimum absolute atomic E-state index is 0.0731. The van der Waals surface area contributed by atoms with Crippen molar-refractivity contribution in [1.82, 2.24) is 14.8 Å². The van der Waals surface area contributed by atoms with Crippen molar-refractivity contribution >= 4 is 23.4 Å². The Bertz CT molecular complexity index is 989. The van der Waals surface area contributed by atoms with Crippen LogP contribution in [0.25, 0.3) is 0 Å². The third-order valence-corrected chi connectivity index (χ3v) is 5.35. The predicted molar refractivity (Wildman–Crippen MR) is 117 cm³/mol. The zero-order chi connectivity index (χ0) is 21.0. The molecule has 152 valence electrons. The summed E-state index contributed by atoms with van der Waals surface area (Å²) >= 11 is 1.35. The number of aryl methyl sites for hydroxylation is 4. The van der Waals surface area contributed by atoms with E-state index in [9.17, 15) is 4.79 Å². The molecule has 0 bridgehead atoms. The number of carbonyl (C=O) groups is 1. The van der Waals surface area contributed by atoms with Crippen molar-refractivity contribution in [1.29, 1.82) is 0 Å². The highest BCUT2D eigenvalue weighted by Gasteiger charge is 2.12. The molecule has 3 rings (SSSR count). The van der Waals surface area contributed by atoms with Gasteiger partial charge in [-0.2, -0.15) is 0 Å². The maximum absolute atomic E-state index is 12.3. The normalized spacial score (nSPS) is 10.8. The number of thioether (sulfide) groups is 1. The highest BCUT2D eigenvalue weighted by atomic mass is 32.2. The first-order valence-corrected chi connectivity index (χ1v) is 10.4. The molecule has 6 nitrogen and oxygen atoms in total. The molecule has 0 aliphatic carbocycles. The monoisotopic (exact) mass is 410 g/mol. The van der Waals surface area contributed by atoms with Gasteiger partial charge in [-0.1, -0.05) is 23.9 Å². The number of aromatic nitrogens is 3. The predicted octanol–water partition coefficient (Wildman–Crippen LogP) is 4.36. The summed E-state index contributed by atoms with van der Waals surface area (Å²) in [5.41, 5.74) is 5.37. The first kappa shape index (κ1) is 20.9. The molecule has 0 aliphatic rings. The van der Waals surface area contributed by atoms with Gasteiger partial charge in [0.2, 0.25) is 5.91 Å². The van der Waals surface area contributed by atoms with Gasteiger partial charge < -0.3 is 14.6 Å². The summed E-state index contributed by atoms with van der Waals surface area (Å²) in [7, 11) is 1.88. The number of hydrogen-bond donors (Lipinski definition) is 1. The molecule has 2 aromatic carbocycles. The van der Waals surface area contributed by atoms with Gasteiger partial charge in [-0.3, -0.25) is 4.79 Å². The van der Waals surface area contributed by atoms with Crippen molar-refractivity contribution in [3.05, 3.63) is 64.5 Å². The van der Waals surface area contributed by atoms with Crippen LogP contribution in [-0.2, 0) is 18.4 Å². The molecule has 0 saturated heterocycles. The van der Waals surface area contributed by atoms with Crippen LogP contribution in [0.3, 0.4) is 0 Å². The molecule has 1 amide bonds. The second-order valence-electron chi connectivity index (χ2n) is 7.28. The summed E-state index contributed by atoms with van der Waals surface area (Å²) in [6, 6.07) is 12.1. The van der Waals surface area contributed by atoms with Gasteiger partial charge in [0.05, 0.1) is 5.75 Å². The molecule has 0 saturated carbocycles. The summed E-state index contributed by atoms with van der Waals surface area (Å²) in [6.07, 6.45) is 0. The molecule has 3 aromatic rings. The SMILES string of the molecule is Cc1cc(C)cc(NC(=O)CSc2nnc(COc3cc(C)cc(C)c3)n2C)c1. The number of benzene rings is 2. The number of ether oxygens (including phenoxy) is 1. The number of rotatable bonds is 7. The fraction of sp³-hybridized carbons (Fsp3) is 0.318. The maximum Gasteiger partial charge on any atom is 0.234 e. The lowest BCUT2D eigenvalue weighted by Crippen LogP contribution is -2.14. The van der Waals surface area contributed by atoms with Crippen LogP contribution in [0.2, 0.25) is 0 Å².